The molecule has 16 heavy (non-hydrogen) atoms. The lowest BCUT2D eigenvalue weighted by molar-refractivity contribution is 0.334. The van der Waals surface area contributed by atoms with E-state index in [0.717, 1.165) is 51.9 Å². The first-order chi connectivity index (χ1) is 7.74. The van der Waals surface area contributed by atoms with Crippen molar-refractivity contribution in [3.05, 3.63) is 0 Å². The van der Waals surface area contributed by atoms with Gasteiger partial charge in [0.15, 0.2) is 0 Å². The maximum atomic E-state index is 4.43. The van der Waals surface area contributed by atoms with Crippen LogP contribution >= 0.6 is 0 Å². The number of hydrogen-bond acceptors (Lipinski definition) is 4. The molecule has 0 amide bonds. The lowest BCUT2D eigenvalue weighted by Gasteiger charge is -2.23. The number of hydrogen-bond donors (Lipinski definition) is 0. The topological polar surface area (TPSA) is 31.2 Å². The van der Waals surface area contributed by atoms with Crippen LogP contribution in [0.3, 0.4) is 0 Å². The molecular formula is C12H22N4. The fourth-order valence-electron chi connectivity index (χ4n) is 2.09. The van der Waals surface area contributed by atoms with Gasteiger partial charge in [-0.1, -0.05) is 0 Å². The molecule has 2 rings (SSSR count). The highest BCUT2D eigenvalue weighted by Gasteiger charge is 2.13. The molecule has 0 aromatic rings. The van der Waals surface area contributed by atoms with Crippen molar-refractivity contribution in [3.8, 4) is 0 Å². The predicted molar refractivity (Wildman–Crippen MR) is 68.3 cm³/mol. The summed E-state index contributed by atoms with van der Waals surface area (Å²) in [6, 6.07) is 0. The van der Waals surface area contributed by atoms with E-state index in [4.69, 9.17) is 0 Å². The summed E-state index contributed by atoms with van der Waals surface area (Å²) in [5, 5.41) is 8.85. The molecule has 90 valence electrons. The molecule has 0 aromatic heterocycles. The van der Waals surface area contributed by atoms with Crippen molar-refractivity contribution in [2.45, 2.75) is 25.7 Å². The van der Waals surface area contributed by atoms with E-state index in [1.807, 2.05) is 0 Å². The van der Waals surface area contributed by atoms with Crippen LogP contribution in [0.4, 0.5) is 0 Å². The Morgan fingerprint density at radius 2 is 1.00 bits per heavy atom. The highest BCUT2D eigenvalue weighted by atomic mass is 15.2. The molecule has 2 aliphatic rings. The van der Waals surface area contributed by atoms with Crippen molar-refractivity contribution in [2.24, 2.45) is 10.2 Å². The second-order valence-corrected chi connectivity index (χ2v) is 4.94. The smallest absolute Gasteiger partial charge is 0.0431 e. The molecule has 0 N–H and O–H groups in total. The summed E-state index contributed by atoms with van der Waals surface area (Å²) in [4.78, 5) is 4.70. The van der Waals surface area contributed by atoms with Gasteiger partial charge in [-0.3, -0.25) is 0 Å². The molecule has 0 radical (unpaired) electrons. The van der Waals surface area contributed by atoms with Crippen molar-refractivity contribution in [2.75, 3.05) is 40.3 Å². The number of nitrogens with zero attached hydrogens (tertiary/aromatic N) is 4. The van der Waals surface area contributed by atoms with Gasteiger partial charge in [-0.25, -0.2) is 0 Å². The normalized spacial score (nSPS) is 24.6. The average Bonchev–Trinajstić information content (AvgIpc) is 2.30. The van der Waals surface area contributed by atoms with Gasteiger partial charge in [-0.15, -0.1) is 0 Å². The van der Waals surface area contributed by atoms with Gasteiger partial charge in [-0.2, -0.15) is 10.2 Å². The number of rotatable bonds is 1. The van der Waals surface area contributed by atoms with Gasteiger partial charge in [0, 0.05) is 63.3 Å². The van der Waals surface area contributed by atoms with Gasteiger partial charge in [0.05, 0.1) is 0 Å². The third kappa shape index (κ3) is 3.39. The van der Waals surface area contributed by atoms with Crippen LogP contribution in [0, 0.1) is 0 Å². The summed E-state index contributed by atoms with van der Waals surface area (Å²) < 4.78 is 0. The van der Waals surface area contributed by atoms with Crippen LogP contribution in [-0.2, 0) is 0 Å². The summed E-state index contributed by atoms with van der Waals surface area (Å²) in [6.07, 6.45) is 4.36. The summed E-state index contributed by atoms with van der Waals surface area (Å²) in [7, 11) is 4.33. The summed E-state index contributed by atoms with van der Waals surface area (Å²) in [5.74, 6) is 0. The zero-order valence-electron chi connectivity index (χ0n) is 10.4. The number of piperidine rings is 2. The third-order valence-corrected chi connectivity index (χ3v) is 3.46. The quantitative estimate of drug-likeness (QED) is 0.625. The zero-order chi connectivity index (χ0) is 11.4. The van der Waals surface area contributed by atoms with Crippen molar-refractivity contribution in [1.82, 2.24) is 9.80 Å². The molecule has 2 aliphatic heterocycles. The molecule has 4 heteroatoms. The second kappa shape index (κ2) is 5.55. The summed E-state index contributed by atoms with van der Waals surface area (Å²) >= 11 is 0. The minimum Gasteiger partial charge on any atom is -0.306 e. The molecule has 0 atom stereocenters. The lowest BCUT2D eigenvalue weighted by atomic mass is 10.1. The van der Waals surface area contributed by atoms with Crippen LogP contribution < -0.4 is 0 Å². The Morgan fingerprint density at radius 3 is 1.31 bits per heavy atom. The first-order valence-corrected chi connectivity index (χ1v) is 6.22. The third-order valence-electron chi connectivity index (χ3n) is 3.46. The highest BCUT2D eigenvalue weighted by Crippen LogP contribution is 2.08. The van der Waals surface area contributed by atoms with Crippen LogP contribution in [0.1, 0.15) is 25.7 Å². The predicted octanol–water partition coefficient (Wildman–Crippen LogP) is 1.23. The molecule has 0 aliphatic carbocycles. The lowest BCUT2D eigenvalue weighted by Crippen LogP contribution is -2.31. The van der Waals surface area contributed by atoms with Gasteiger partial charge in [0.25, 0.3) is 0 Å². The van der Waals surface area contributed by atoms with Gasteiger partial charge < -0.3 is 9.80 Å². The van der Waals surface area contributed by atoms with Crippen molar-refractivity contribution < 1.29 is 0 Å². The van der Waals surface area contributed by atoms with Crippen LogP contribution in [0.5, 0.6) is 0 Å². The highest BCUT2D eigenvalue weighted by molar-refractivity contribution is 5.89. The van der Waals surface area contributed by atoms with Crippen LogP contribution in [0.2, 0.25) is 0 Å². The Bertz CT molecular complexity index is 245. The molecule has 0 saturated carbocycles. The van der Waals surface area contributed by atoms with E-state index in [1.165, 1.54) is 11.4 Å². The average molecular weight is 222 g/mol. The molecule has 0 unspecified atom stereocenters. The van der Waals surface area contributed by atoms with Gasteiger partial charge in [-0.05, 0) is 14.1 Å². The standard InChI is InChI=1S/C12H22N4/c1-15-7-3-11(4-8-15)13-14-12-5-9-16(2)10-6-12/h3-10H2,1-2H3. The van der Waals surface area contributed by atoms with E-state index in [-0.39, 0.29) is 0 Å². The molecular weight excluding hydrogens is 200 g/mol. The molecule has 2 fully saturated rings. The summed E-state index contributed by atoms with van der Waals surface area (Å²) in [6.45, 7) is 4.53. The molecule has 0 aromatic carbocycles. The molecule has 4 nitrogen and oxygen atoms in total. The van der Waals surface area contributed by atoms with E-state index in [9.17, 15) is 0 Å². The minimum absolute atomic E-state index is 1.09. The maximum Gasteiger partial charge on any atom is 0.0431 e. The Balaban J connectivity index is 1.85. The molecule has 0 spiro atoms. The fourth-order valence-corrected chi connectivity index (χ4v) is 2.09. The monoisotopic (exact) mass is 222 g/mol. The summed E-state index contributed by atoms with van der Waals surface area (Å²) in [5.41, 5.74) is 2.56. The minimum atomic E-state index is 1.09. The van der Waals surface area contributed by atoms with Crippen molar-refractivity contribution in [1.29, 1.82) is 0 Å². The first-order valence-electron chi connectivity index (χ1n) is 6.22. The molecule has 2 heterocycles. The molecule has 2 saturated heterocycles. The second-order valence-electron chi connectivity index (χ2n) is 4.94. The Kier molecular flexibility index (Phi) is 4.07. The first kappa shape index (κ1) is 11.7. The van der Waals surface area contributed by atoms with Gasteiger partial charge in [0.2, 0.25) is 0 Å². The van der Waals surface area contributed by atoms with Crippen LogP contribution in [0.25, 0.3) is 0 Å². The number of likely N-dealkylation sites (tertiary alicyclic amines) is 2. The van der Waals surface area contributed by atoms with Crippen molar-refractivity contribution >= 4 is 11.4 Å². The van der Waals surface area contributed by atoms with Crippen LogP contribution in [-0.4, -0.2) is 61.5 Å². The van der Waals surface area contributed by atoms with E-state index in [2.05, 4.69) is 34.1 Å². The maximum absolute atomic E-state index is 4.43. The molecule has 0 bridgehead atoms. The fraction of sp³-hybridized carbons (Fsp3) is 0.833. The Hall–Kier alpha value is -0.740. The van der Waals surface area contributed by atoms with Crippen LogP contribution in [0.15, 0.2) is 10.2 Å². The van der Waals surface area contributed by atoms with Gasteiger partial charge in [0.1, 0.15) is 0 Å². The van der Waals surface area contributed by atoms with Crippen molar-refractivity contribution in [3.63, 3.8) is 0 Å². The van der Waals surface area contributed by atoms with E-state index in [0.29, 0.717) is 0 Å². The Morgan fingerprint density at radius 1 is 0.688 bits per heavy atom. The van der Waals surface area contributed by atoms with E-state index in [1.54, 1.807) is 0 Å². The van der Waals surface area contributed by atoms with E-state index < -0.39 is 0 Å². The largest absolute Gasteiger partial charge is 0.306 e. The van der Waals surface area contributed by atoms with E-state index >= 15 is 0 Å². The van der Waals surface area contributed by atoms with Gasteiger partial charge >= 0.3 is 0 Å². The Labute approximate surface area is 98.0 Å². The SMILES string of the molecule is CN1CCC(=NN=C2CCN(C)CC2)CC1. The zero-order valence-corrected chi connectivity index (χ0v) is 10.4.